The van der Waals surface area contributed by atoms with Gasteiger partial charge in [0, 0.05) is 33.6 Å². The van der Waals surface area contributed by atoms with Crippen molar-refractivity contribution in [2.75, 3.05) is 49.3 Å². The summed E-state index contributed by atoms with van der Waals surface area (Å²) in [4.78, 5) is 68.7. The van der Waals surface area contributed by atoms with E-state index in [-0.39, 0.29) is 26.4 Å². The number of ether oxygens (including phenoxy) is 19. The fourth-order valence-corrected chi connectivity index (χ4v) is 17.5. The van der Waals surface area contributed by atoms with E-state index in [0.29, 0.717) is 107 Å². The monoisotopic (exact) mass is 2390 g/mol. The van der Waals surface area contributed by atoms with Crippen LogP contribution >= 0.6 is 108 Å². The van der Waals surface area contributed by atoms with Crippen LogP contribution < -0.4 is 61.6 Å². The Balaban J connectivity index is 0.000000212. The van der Waals surface area contributed by atoms with E-state index in [4.69, 9.17) is 61.6 Å². The van der Waals surface area contributed by atoms with Gasteiger partial charge in [-0.25, -0.2) is 28.8 Å². The minimum atomic E-state index is -0.821. The van der Waals surface area contributed by atoms with Gasteiger partial charge >= 0.3 is 36.9 Å². The molecule has 0 aliphatic heterocycles. The van der Waals surface area contributed by atoms with E-state index in [2.05, 4.69) is 163 Å². The van der Waals surface area contributed by atoms with Gasteiger partial charge in [0.05, 0.1) is 88.3 Å². The fourth-order valence-electron chi connectivity index (χ4n) is 13.8. The van der Waals surface area contributed by atoms with Crippen molar-refractivity contribution in [1.82, 2.24) is 0 Å². The number of rotatable bonds is 30. The summed E-state index contributed by atoms with van der Waals surface area (Å²) in [6.45, 7) is 32.1. The van der Waals surface area contributed by atoms with Gasteiger partial charge in [0.15, 0.2) is 0 Å². The second-order valence-electron chi connectivity index (χ2n) is 32.9. The predicted octanol–water partition coefficient (Wildman–Crippen LogP) is 30.8. The zero-order chi connectivity index (χ0) is 106. The molecule has 0 aromatic heterocycles. The summed E-state index contributed by atoms with van der Waals surface area (Å²) in [5.74, 6) is 8.47. The molecule has 0 amide bonds. The SMILES string of the molecule is CCOc1cccc(OC(=O)OC)c1COc1cc(C)c(C)cc1Br.CCc1cccc(OC(=O)OC)c1COc1cc(C)c(C)cc1Br.COC(=O)Oc1cccc(C)c1COc1cc(C)c(C)cc1Br.COC(=O)Oc1cccc(C2CC2)c1COc1cc(C)c(C)cc1Br.COC(=O)Oc1cccc(CO)c1COc1cc(C)c(C)cc1Br.COC(=O)Oc1cccc(CS)c1COc1cc(C)c(C)cc1Br. The largest absolute Gasteiger partial charge is 0.513 e. The highest BCUT2D eigenvalue weighted by Crippen LogP contribution is 2.46. The van der Waals surface area contributed by atoms with Crippen molar-refractivity contribution in [2.24, 2.45) is 0 Å². The highest BCUT2D eigenvalue weighted by atomic mass is 79.9. The van der Waals surface area contributed by atoms with Crippen LogP contribution in [-0.2, 0) is 86.8 Å². The topological polar surface area (TPSA) is 298 Å². The van der Waals surface area contributed by atoms with Gasteiger partial charge in [0.1, 0.15) is 114 Å². The molecular weight excluding hydrogens is 2270 g/mol. The van der Waals surface area contributed by atoms with Crippen LogP contribution in [0.1, 0.15) is 161 Å². The molecular formula is C112H120Br6O26S. The quantitative estimate of drug-likeness (QED) is 0.0183. The summed E-state index contributed by atoms with van der Waals surface area (Å²) in [5.41, 5.74) is 23.3. The fraction of sp³-hybridized carbons (Fsp3) is 0.304. The van der Waals surface area contributed by atoms with Crippen molar-refractivity contribution in [2.45, 2.75) is 181 Å². The van der Waals surface area contributed by atoms with Crippen LogP contribution in [0.4, 0.5) is 28.8 Å². The van der Waals surface area contributed by atoms with Crippen LogP contribution in [-0.4, -0.2) is 91.3 Å². The van der Waals surface area contributed by atoms with Crippen molar-refractivity contribution >= 4 is 145 Å². The number of hydrogen-bond donors (Lipinski definition) is 2. The minimum absolute atomic E-state index is 0.143. The van der Waals surface area contributed by atoms with Gasteiger partial charge in [-0.05, 0) is 428 Å². The average molecular weight is 2390 g/mol. The molecule has 0 unspecified atom stereocenters. The molecule has 13 rings (SSSR count). The van der Waals surface area contributed by atoms with Crippen LogP contribution in [0, 0.1) is 90.0 Å². The first-order chi connectivity index (χ1) is 69.2. The van der Waals surface area contributed by atoms with Gasteiger partial charge in [-0.1, -0.05) is 73.7 Å². The van der Waals surface area contributed by atoms with Crippen molar-refractivity contribution in [3.8, 4) is 74.7 Å². The predicted molar refractivity (Wildman–Crippen MR) is 580 cm³/mol. The first-order valence-corrected chi connectivity index (χ1v) is 51.0. The first kappa shape index (κ1) is 118. The number of carbonyl (C=O) groups is 6. The molecule has 0 radical (unpaired) electrons. The number of methoxy groups -OCH3 is 6. The van der Waals surface area contributed by atoms with Gasteiger partial charge in [-0.3, -0.25) is 0 Å². The Morgan fingerprint density at radius 1 is 0.269 bits per heavy atom. The van der Waals surface area contributed by atoms with Crippen LogP contribution in [0.15, 0.2) is 209 Å². The Labute approximate surface area is 903 Å². The summed E-state index contributed by atoms with van der Waals surface area (Å²) >= 11 is 25.4. The van der Waals surface area contributed by atoms with E-state index < -0.39 is 36.9 Å². The lowest BCUT2D eigenvalue weighted by Gasteiger charge is -2.16. The van der Waals surface area contributed by atoms with E-state index >= 15 is 0 Å². The lowest BCUT2D eigenvalue weighted by atomic mass is 10.0. The van der Waals surface area contributed by atoms with Crippen molar-refractivity contribution in [3.05, 3.63) is 337 Å². The molecule has 0 spiro atoms. The van der Waals surface area contributed by atoms with Crippen LogP contribution in [0.2, 0.25) is 0 Å². The summed E-state index contributed by atoms with van der Waals surface area (Å²) in [7, 11) is 7.63. The Bertz CT molecular complexity index is 6200. The summed E-state index contributed by atoms with van der Waals surface area (Å²) in [6.07, 6.45) is -1.46. The number of benzene rings is 12. The molecule has 1 fully saturated rings. The normalized spacial score (nSPS) is 10.9. The zero-order valence-electron chi connectivity index (χ0n) is 84.8. The maximum Gasteiger partial charge on any atom is 0.513 e. The Morgan fingerprint density at radius 2 is 0.497 bits per heavy atom. The third kappa shape index (κ3) is 35.7. The molecule has 0 bridgehead atoms. The van der Waals surface area contributed by atoms with Crippen LogP contribution in [0.25, 0.3) is 0 Å². The summed E-state index contributed by atoms with van der Waals surface area (Å²) in [6, 6.07) is 56.5. The molecule has 12 aromatic rings. The standard InChI is InChI=1S/C20H21BrO4.C19H21BrO5.C19H21BrO4.C18H19BrO5.C18H19BrO4S.C18H19BrO4/c1-12-9-17(21)19(10-13(12)2)24-11-16-15(14-7-8-14)5-4-6-18(16)25-20(22)23-3;1-5-23-16-7-6-8-17(25-19(21)22-4)14(16)11-24-18-10-13(3)12(2)9-15(18)20;1-5-14-7-6-8-17(24-19(21)22-4)15(14)11-23-18-10-13(3)12(2)9-16(18)20;1-11-7-15(19)17(8-12(11)2)23-10-14-13(9-20)5-4-6-16(14)24-18(21)22-3;1-11-7-15(19)17(8-12(11)2)22-9-14-13(10-24)5-4-6-16(14)23-18(20)21-3;1-11-6-5-7-16(23-18(20)21-4)14(11)10-22-17-9-13(3)12(2)8-15(17)19/h4-6,9-10,14H,7-8,11H2,1-3H3;6-10H,5,11H2,1-4H3;6-10H,5,11H2,1-4H3;4-8,20H,9-10H2,1-3H3;4-8,24H,9-10H2,1-3H3;5-9H,10H2,1-4H3. The molecule has 0 saturated heterocycles. The molecule has 33 heteroatoms. The summed E-state index contributed by atoms with van der Waals surface area (Å²) < 4.78 is 105. The molecule has 12 aromatic carbocycles. The van der Waals surface area contributed by atoms with Gasteiger partial charge < -0.3 is 95.1 Å². The third-order valence-corrected chi connectivity index (χ3v) is 27.1. The van der Waals surface area contributed by atoms with E-state index in [0.717, 1.165) is 141 Å². The lowest BCUT2D eigenvalue weighted by molar-refractivity contribution is 0.119. The molecule has 0 heterocycles. The zero-order valence-corrected chi connectivity index (χ0v) is 95.2. The second-order valence-corrected chi connectivity index (χ2v) is 38.4. The number of aryl methyl sites for hydroxylation is 14. The van der Waals surface area contributed by atoms with E-state index in [9.17, 15) is 33.9 Å². The molecule has 0 atom stereocenters. The first-order valence-electron chi connectivity index (χ1n) is 45.7. The number of halogens is 6. The van der Waals surface area contributed by atoms with Crippen molar-refractivity contribution < 1.29 is 124 Å². The van der Waals surface area contributed by atoms with Gasteiger partial charge in [0.25, 0.3) is 0 Å². The molecule has 772 valence electrons. The maximum absolute atomic E-state index is 11.5. The molecule has 26 nitrogen and oxygen atoms in total. The van der Waals surface area contributed by atoms with E-state index in [1.807, 2.05) is 198 Å². The smallest absolute Gasteiger partial charge is 0.493 e. The van der Waals surface area contributed by atoms with Crippen LogP contribution in [0.5, 0.6) is 74.7 Å². The molecule has 145 heavy (non-hydrogen) atoms. The second kappa shape index (κ2) is 59.0. The number of thiol groups is 1. The number of aliphatic hydroxyl groups excluding tert-OH is 1. The molecule has 1 aliphatic carbocycles. The van der Waals surface area contributed by atoms with Gasteiger partial charge in [-0.15, -0.1) is 0 Å². The molecule has 1 aliphatic rings. The Morgan fingerprint density at radius 3 is 0.786 bits per heavy atom. The number of aliphatic hydroxyl groups is 1. The number of carbonyl (C=O) groups excluding carboxylic acids is 6. The van der Waals surface area contributed by atoms with Gasteiger partial charge in [0.2, 0.25) is 0 Å². The van der Waals surface area contributed by atoms with Gasteiger partial charge in [-0.2, -0.15) is 12.6 Å². The van der Waals surface area contributed by atoms with Crippen molar-refractivity contribution in [1.29, 1.82) is 0 Å². The average Bonchev–Trinajstić information content (AvgIpc) is 1.66. The Hall–Kier alpha value is -12.0. The third-order valence-electron chi connectivity index (χ3n) is 23.0. The Kier molecular flexibility index (Phi) is 48.1. The van der Waals surface area contributed by atoms with E-state index in [1.54, 1.807) is 60.7 Å². The molecule has 1 N–H and O–H groups in total. The highest BCUT2D eigenvalue weighted by molar-refractivity contribution is 9.11. The minimum Gasteiger partial charge on any atom is -0.493 e. The maximum atomic E-state index is 11.5. The molecule has 1 saturated carbocycles. The summed E-state index contributed by atoms with van der Waals surface area (Å²) in [5, 5.41) is 9.53. The van der Waals surface area contributed by atoms with E-state index in [1.165, 1.54) is 81.6 Å². The van der Waals surface area contributed by atoms with Crippen molar-refractivity contribution in [3.63, 3.8) is 0 Å². The number of hydrogen-bond acceptors (Lipinski definition) is 27. The lowest BCUT2D eigenvalue weighted by Crippen LogP contribution is -2.11. The highest BCUT2D eigenvalue weighted by Gasteiger charge is 2.30. The van der Waals surface area contributed by atoms with Crippen LogP contribution in [0.3, 0.4) is 0 Å².